The van der Waals surface area contributed by atoms with Crippen LogP contribution in [0.3, 0.4) is 0 Å². The first kappa shape index (κ1) is 17.5. The monoisotopic (exact) mass is 451 g/mol. The van der Waals surface area contributed by atoms with Gasteiger partial charge in [0.1, 0.15) is 5.69 Å². The molecule has 0 spiro atoms. The smallest absolute Gasteiger partial charge is 0.224 e. The maximum Gasteiger partial charge on any atom is 0.224 e. The lowest BCUT2D eigenvalue weighted by molar-refractivity contribution is -0.121. The molecule has 1 heterocycles. The summed E-state index contributed by atoms with van der Waals surface area (Å²) in [6.45, 7) is 0. The van der Waals surface area contributed by atoms with Gasteiger partial charge in [-0.2, -0.15) is 10.1 Å². The Labute approximate surface area is 158 Å². The Hall–Kier alpha value is -2.30. The summed E-state index contributed by atoms with van der Waals surface area (Å²) in [5.41, 5.74) is 13.9. The first-order valence-electron chi connectivity index (χ1n) is 7.88. The lowest BCUT2D eigenvalue weighted by atomic mass is 10.1. The van der Waals surface area contributed by atoms with E-state index in [1.807, 2.05) is 24.3 Å². The molecule has 1 saturated carbocycles. The summed E-state index contributed by atoms with van der Waals surface area (Å²) in [7, 11) is 0. The Morgan fingerprint density at radius 3 is 2.72 bits per heavy atom. The third kappa shape index (κ3) is 4.41. The number of primary amides is 1. The molecule has 25 heavy (non-hydrogen) atoms. The second-order valence-electron chi connectivity index (χ2n) is 5.92. The number of halogens is 1. The van der Waals surface area contributed by atoms with Crippen molar-refractivity contribution in [2.24, 2.45) is 16.8 Å². The van der Waals surface area contributed by atoms with Gasteiger partial charge in [-0.05, 0) is 66.1 Å². The predicted molar refractivity (Wildman–Crippen MR) is 103 cm³/mol. The van der Waals surface area contributed by atoms with Crippen molar-refractivity contribution in [1.29, 1.82) is 5.53 Å². The molecule has 9 heteroatoms. The molecule has 0 aliphatic heterocycles. The van der Waals surface area contributed by atoms with E-state index in [0.29, 0.717) is 23.9 Å². The number of aromatic nitrogens is 2. The maximum absolute atomic E-state index is 11.3. The molecule has 2 aromatic rings. The fourth-order valence-electron chi connectivity index (χ4n) is 2.84. The Balaban J connectivity index is 1.74. The first-order chi connectivity index (χ1) is 12.0. The number of hydrogen-bond acceptors (Lipinski definition) is 7. The second-order valence-corrected chi connectivity index (χ2v) is 7.17. The van der Waals surface area contributed by atoms with Crippen LogP contribution in [0.25, 0.3) is 0 Å². The van der Waals surface area contributed by atoms with Crippen LogP contribution < -0.4 is 16.4 Å². The fraction of sp³-hybridized carbons (Fsp3) is 0.312. The largest absolute Gasteiger partial charge is 0.369 e. The van der Waals surface area contributed by atoms with Crippen molar-refractivity contribution in [2.75, 3.05) is 10.6 Å². The van der Waals surface area contributed by atoms with Crippen LogP contribution in [0.2, 0.25) is 0 Å². The van der Waals surface area contributed by atoms with Gasteiger partial charge in [-0.1, -0.05) is 0 Å². The molecule has 1 aromatic carbocycles. The van der Waals surface area contributed by atoms with Crippen LogP contribution in [0.4, 0.5) is 23.1 Å². The minimum Gasteiger partial charge on any atom is -0.369 e. The zero-order valence-corrected chi connectivity index (χ0v) is 15.5. The zero-order chi connectivity index (χ0) is 17.8. The van der Waals surface area contributed by atoms with Crippen molar-refractivity contribution in [3.05, 3.63) is 34.0 Å². The molecule has 2 atom stereocenters. The van der Waals surface area contributed by atoms with Gasteiger partial charge in [0, 0.05) is 21.2 Å². The van der Waals surface area contributed by atoms with E-state index in [4.69, 9.17) is 11.3 Å². The fourth-order valence-corrected chi connectivity index (χ4v) is 3.20. The summed E-state index contributed by atoms with van der Waals surface area (Å²) < 4.78 is 1.13. The quantitative estimate of drug-likeness (QED) is 0.394. The van der Waals surface area contributed by atoms with Crippen LogP contribution in [-0.2, 0) is 4.79 Å². The van der Waals surface area contributed by atoms with Crippen LogP contribution >= 0.6 is 22.6 Å². The Morgan fingerprint density at radius 1 is 1.32 bits per heavy atom. The van der Waals surface area contributed by atoms with Crippen LogP contribution in [0.1, 0.15) is 19.3 Å². The maximum atomic E-state index is 11.3. The van der Waals surface area contributed by atoms with Crippen molar-refractivity contribution < 1.29 is 4.79 Å². The molecular weight excluding hydrogens is 433 g/mol. The van der Waals surface area contributed by atoms with Crippen molar-refractivity contribution in [3.8, 4) is 0 Å². The van der Waals surface area contributed by atoms with Gasteiger partial charge in [0.15, 0.2) is 5.82 Å². The lowest BCUT2D eigenvalue weighted by Crippen LogP contribution is -2.23. The van der Waals surface area contributed by atoms with E-state index in [0.717, 1.165) is 22.1 Å². The standard InChI is InChI=1S/C16H18IN7O/c17-10-2-5-11(6-3-10)21-15-13(24-19)8-20-16(23-15)22-12-4-1-9(7-12)14(18)25/h2-3,5-6,8-9,12,19H,1,4,7H2,(H2,18,25)(H2,20,21,22,23)/t9-,12-/m1/s1. The van der Waals surface area contributed by atoms with Gasteiger partial charge in [0.2, 0.25) is 11.9 Å². The molecule has 0 saturated heterocycles. The third-order valence-corrected chi connectivity index (χ3v) is 4.88. The highest BCUT2D eigenvalue weighted by Crippen LogP contribution is 2.30. The van der Waals surface area contributed by atoms with Gasteiger partial charge < -0.3 is 16.4 Å². The van der Waals surface area contributed by atoms with Crippen molar-refractivity contribution in [2.45, 2.75) is 25.3 Å². The highest BCUT2D eigenvalue weighted by molar-refractivity contribution is 14.1. The Kier molecular flexibility index (Phi) is 5.41. The van der Waals surface area contributed by atoms with Gasteiger partial charge in [-0.15, -0.1) is 0 Å². The molecule has 130 valence electrons. The molecule has 1 amide bonds. The summed E-state index contributed by atoms with van der Waals surface area (Å²) in [6.07, 6.45) is 3.81. The number of carbonyl (C=O) groups is 1. The summed E-state index contributed by atoms with van der Waals surface area (Å²) in [5.74, 6) is 0.549. The molecule has 1 aliphatic carbocycles. The molecular formula is C16H18IN7O. The number of anilines is 3. The van der Waals surface area contributed by atoms with E-state index in [1.165, 1.54) is 6.20 Å². The van der Waals surface area contributed by atoms with Crippen LogP contribution in [0.5, 0.6) is 0 Å². The van der Waals surface area contributed by atoms with Crippen LogP contribution in [-0.4, -0.2) is 21.9 Å². The lowest BCUT2D eigenvalue weighted by Gasteiger charge is -2.14. The number of nitrogens with two attached hydrogens (primary N) is 1. The molecule has 0 radical (unpaired) electrons. The molecule has 5 N–H and O–H groups in total. The summed E-state index contributed by atoms with van der Waals surface area (Å²) in [6, 6.07) is 7.92. The summed E-state index contributed by atoms with van der Waals surface area (Å²) >= 11 is 2.24. The number of amides is 1. The van der Waals surface area contributed by atoms with Gasteiger partial charge in [-0.25, -0.2) is 10.5 Å². The van der Waals surface area contributed by atoms with E-state index in [9.17, 15) is 4.79 Å². The highest BCUT2D eigenvalue weighted by atomic mass is 127. The van der Waals surface area contributed by atoms with Gasteiger partial charge in [0.05, 0.1) is 6.20 Å². The average molecular weight is 451 g/mol. The number of nitrogens with zero attached hydrogens (tertiary/aromatic N) is 3. The number of benzene rings is 1. The normalized spacial score (nSPS) is 19.4. The van der Waals surface area contributed by atoms with Crippen LogP contribution in [0.15, 0.2) is 35.6 Å². The van der Waals surface area contributed by atoms with Gasteiger partial charge in [0.25, 0.3) is 0 Å². The van der Waals surface area contributed by atoms with E-state index in [2.05, 4.69) is 48.3 Å². The zero-order valence-electron chi connectivity index (χ0n) is 13.4. The van der Waals surface area contributed by atoms with E-state index >= 15 is 0 Å². The van der Waals surface area contributed by atoms with Crippen molar-refractivity contribution in [3.63, 3.8) is 0 Å². The molecule has 1 fully saturated rings. The van der Waals surface area contributed by atoms with Crippen molar-refractivity contribution >= 4 is 51.6 Å². The summed E-state index contributed by atoms with van der Waals surface area (Å²) in [4.78, 5) is 19.9. The first-order valence-corrected chi connectivity index (χ1v) is 8.96. The van der Waals surface area contributed by atoms with Crippen molar-refractivity contribution in [1.82, 2.24) is 9.97 Å². The SMILES string of the molecule is N=Nc1cnc(N[C@@H]2CC[C@@H](C(N)=O)C2)nc1Nc1ccc(I)cc1. The predicted octanol–water partition coefficient (Wildman–Crippen LogP) is 3.55. The Bertz CT molecular complexity index is 781. The molecule has 1 aliphatic rings. The van der Waals surface area contributed by atoms with Gasteiger partial charge in [-0.3, -0.25) is 4.79 Å². The van der Waals surface area contributed by atoms with E-state index in [-0.39, 0.29) is 17.9 Å². The molecule has 3 rings (SSSR count). The molecule has 8 nitrogen and oxygen atoms in total. The second kappa shape index (κ2) is 7.72. The molecule has 1 aromatic heterocycles. The van der Waals surface area contributed by atoms with E-state index in [1.54, 1.807) is 0 Å². The van der Waals surface area contributed by atoms with E-state index < -0.39 is 0 Å². The molecule has 0 bridgehead atoms. The number of nitrogens with one attached hydrogen (secondary N) is 3. The van der Waals surface area contributed by atoms with Gasteiger partial charge >= 0.3 is 0 Å². The third-order valence-electron chi connectivity index (χ3n) is 4.17. The average Bonchev–Trinajstić information content (AvgIpc) is 3.06. The minimum absolute atomic E-state index is 0.0931. The number of carbonyl (C=O) groups excluding carboxylic acids is 1. The summed E-state index contributed by atoms with van der Waals surface area (Å²) in [5, 5.41) is 9.86. The minimum atomic E-state index is -0.255. The molecule has 0 unspecified atom stereocenters. The topological polar surface area (TPSA) is 129 Å². The number of hydrogen-bond donors (Lipinski definition) is 4. The van der Waals surface area contributed by atoms with Crippen LogP contribution in [0, 0.1) is 15.0 Å². The highest BCUT2D eigenvalue weighted by Gasteiger charge is 2.28. The Morgan fingerprint density at radius 2 is 2.08 bits per heavy atom. The number of rotatable bonds is 6.